The summed E-state index contributed by atoms with van der Waals surface area (Å²) in [5.74, 6) is 0. The predicted octanol–water partition coefficient (Wildman–Crippen LogP) is 6.50. The quantitative estimate of drug-likeness (QED) is 0.590. The lowest BCUT2D eigenvalue weighted by atomic mass is 10.0. The Balaban J connectivity index is 2.09. The van der Waals surface area contributed by atoms with Crippen molar-refractivity contribution in [2.24, 2.45) is 0 Å². The van der Waals surface area contributed by atoms with Gasteiger partial charge in [-0.25, -0.2) is 4.79 Å². The van der Waals surface area contributed by atoms with Gasteiger partial charge in [0.1, 0.15) is 0 Å². The number of benzene rings is 2. The van der Waals surface area contributed by atoms with Crippen LogP contribution in [0, 0.1) is 0 Å². The van der Waals surface area contributed by atoms with Crippen LogP contribution in [0.25, 0.3) is 0 Å². The second kappa shape index (κ2) is 8.85. The minimum atomic E-state index is -4.39. The maximum atomic E-state index is 12.9. The van der Waals surface area contributed by atoms with Gasteiger partial charge in [-0.15, -0.1) is 0 Å². The molecule has 0 spiro atoms. The second-order valence-corrected chi connectivity index (χ2v) is 6.91. The number of likely N-dealkylation sites (N-methyl/N-ethyl adjacent to an activating group) is 1. The van der Waals surface area contributed by atoms with Gasteiger partial charge in [0.15, 0.2) is 0 Å². The molecule has 8 heteroatoms. The third-order valence-electron chi connectivity index (χ3n) is 4.09. The fourth-order valence-corrected chi connectivity index (χ4v) is 3.05. The van der Waals surface area contributed by atoms with Gasteiger partial charge >= 0.3 is 12.2 Å². The molecule has 2 rings (SSSR count). The van der Waals surface area contributed by atoms with Crippen LogP contribution in [0.5, 0.6) is 0 Å². The number of urea groups is 1. The van der Waals surface area contributed by atoms with Gasteiger partial charge in [-0.3, -0.25) is 0 Å². The van der Waals surface area contributed by atoms with Crippen LogP contribution >= 0.6 is 23.2 Å². The number of amides is 2. The van der Waals surface area contributed by atoms with Gasteiger partial charge in [-0.05, 0) is 50.1 Å². The SMILES string of the molecule is CCN(C(=O)Nc1ccc(Cl)c(Cl)c1)C(C)Cc1cccc(C(F)(F)F)c1. The third kappa shape index (κ3) is 5.78. The van der Waals surface area contributed by atoms with Gasteiger partial charge in [0.25, 0.3) is 0 Å². The molecule has 0 saturated carbocycles. The minimum absolute atomic E-state index is 0.298. The predicted molar refractivity (Wildman–Crippen MR) is 102 cm³/mol. The normalized spacial score (nSPS) is 12.6. The summed E-state index contributed by atoms with van der Waals surface area (Å²) in [4.78, 5) is 14.1. The minimum Gasteiger partial charge on any atom is -0.322 e. The first-order valence-corrected chi connectivity index (χ1v) is 9.06. The molecule has 2 aromatic carbocycles. The summed E-state index contributed by atoms with van der Waals surface area (Å²) in [7, 11) is 0. The summed E-state index contributed by atoms with van der Waals surface area (Å²) < 4.78 is 38.6. The van der Waals surface area contributed by atoms with E-state index in [2.05, 4.69) is 5.32 Å². The standard InChI is InChI=1S/C19H19Cl2F3N2O/c1-3-26(18(27)25-15-7-8-16(20)17(21)11-15)12(2)9-13-5-4-6-14(10-13)19(22,23)24/h4-8,10-12H,3,9H2,1-2H3,(H,25,27). The fraction of sp³-hybridized carbons (Fsp3) is 0.316. The van der Waals surface area contributed by atoms with Crippen LogP contribution in [0.1, 0.15) is 25.0 Å². The van der Waals surface area contributed by atoms with Crippen molar-refractivity contribution in [2.45, 2.75) is 32.5 Å². The molecule has 2 amide bonds. The first-order chi connectivity index (χ1) is 12.6. The van der Waals surface area contributed by atoms with Gasteiger partial charge in [-0.2, -0.15) is 13.2 Å². The topological polar surface area (TPSA) is 32.3 Å². The molecule has 2 aromatic rings. The Labute approximate surface area is 166 Å². The maximum Gasteiger partial charge on any atom is 0.416 e. The van der Waals surface area contributed by atoms with E-state index in [0.717, 1.165) is 12.1 Å². The Kier molecular flexibility index (Phi) is 7.00. The highest BCUT2D eigenvalue weighted by molar-refractivity contribution is 6.42. The van der Waals surface area contributed by atoms with Crippen molar-refractivity contribution in [1.82, 2.24) is 4.90 Å². The number of rotatable bonds is 5. The molecule has 0 radical (unpaired) electrons. The first kappa shape index (κ1) is 21.4. The molecule has 0 aliphatic carbocycles. The van der Waals surface area contributed by atoms with Crippen LogP contribution in [0.3, 0.4) is 0 Å². The Bertz CT molecular complexity index is 812. The molecule has 1 atom stereocenters. The summed E-state index contributed by atoms with van der Waals surface area (Å²) in [6, 6.07) is 9.20. The van der Waals surface area contributed by atoms with Crippen LogP contribution in [-0.2, 0) is 12.6 Å². The highest BCUT2D eigenvalue weighted by Crippen LogP contribution is 2.30. The Morgan fingerprint density at radius 1 is 1.15 bits per heavy atom. The van der Waals surface area contributed by atoms with Crippen molar-refractivity contribution >= 4 is 34.9 Å². The van der Waals surface area contributed by atoms with Crippen LogP contribution in [0.15, 0.2) is 42.5 Å². The molecule has 3 nitrogen and oxygen atoms in total. The van der Waals surface area contributed by atoms with Crippen LogP contribution < -0.4 is 5.32 Å². The average Bonchev–Trinajstić information content (AvgIpc) is 2.58. The van der Waals surface area contributed by atoms with Crippen molar-refractivity contribution in [3.63, 3.8) is 0 Å². The average molecular weight is 419 g/mol. The van der Waals surface area contributed by atoms with Gasteiger partial charge < -0.3 is 10.2 Å². The van der Waals surface area contributed by atoms with Crippen molar-refractivity contribution in [3.8, 4) is 0 Å². The van der Waals surface area contributed by atoms with Gasteiger partial charge in [-0.1, -0.05) is 41.4 Å². The molecule has 0 aliphatic heterocycles. The van der Waals surface area contributed by atoms with Gasteiger partial charge in [0.05, 0.1) is 15.6 Å². The number of carbonyl (C=O) groups is 1. The van der Waals surface area contributed by atoms with E-state index >= 15 is 0 Å². The smallest absolute Gasteiger partial charge is 0.322 e. The summed E-state index contributed by atoms with van der Waals surface area (Å²) in [6.45, 7) is 3.99. The summed E-state index contributed by atoms with van der Waals surface area (Å²) >= 11 is 11.8. The molecule has 27 heavy (non-hydrogen) atoms. The number of carbonyl (C=O) groups excluding carboxylic acids is 1. The van der Waals surface area contributed by atoms with E-state index < -0.39 is 11.7 Å². The van der Waals surface area contributed by atoms with E-state index in [0.29, 0.717) is 34.3 Å². The zero-order chi connectivity index (χ0) is 20.2. The van der Waals surface area contributed by atoms with E-state index in [1.165, 1.54) is 12.1 Å². The van der Waals surface area contributed by atoms with E-state index in [1.54, 1.807) is 36.9 Å². The second-order valence-electron chi connectivity index (χ2n) is 6.10. The number of hydrogen-bond donors (Lipinski definition) is 1. The van der Waals surface area contributed by atoms with Gasteiger partial charge in [0, 0.05) is 18.3 Å². The lowest BCUT2D eigenvalue weighted by Crippen LogP contribution is -2.42. The van der Waals surface area contributed by atoms with Gasteiger partial charge in [0.2, 0.25) is 0 Å². The fourth-order valence-electron chi connectivity index (χ4n) is 2.75. The number of hydrogen-bond acceptors (Lipinski definition) is 1. The molecule has 0 heterocycles. The molecule has 0 bridgehead atoms. The monoisotopic (exact) mass is 418 g/mol. The van der Waals surface area contributed by atoms with E-state index in [4.69, 9.17) is 23.2 Å². The van der Waals surface area contributed by atoms with E-state index in [-0.39, 0.29) is 12.1 Å². The molecule has 0 saturated heterocycles. The summed E-state index contributed by atoms with van der Waals surface area (Å²) in [5.41, 5.74) is 0.299. The van der Waals surface area contributed by atoms with Crippen molar-refractivity contribution in [3.05, 3.63) is 63.6 Å². The van der Waals surface area contributed by atoms with E-state index in [1.807, 2.05) is 0 Å². The maximum absolute atomic E-state index is 12.9. The Morgan fingerprint density at radius 2 is 1.85 bits per heavy atom. The molecule has 0 aliphatic rings. The largest absolute Gasteiger partial charge is 0.416 e. The Morgan fingerprint density at radius 3 is 2.44 bits per heavy atom. The zero-order valence-corrected chi connectivity index (χ0v) is 16.3. The number of nitrogens with one attached hydrogen (secondary N) is 1. The summed E-state index contributed by atoms with van der Waals surface area (Å²) in [5, 5.41) is 3.42. The van der Waals surface area contributed by atoms with E-state index in [9.17, 15) is 18.0 Å². The summed E-state index contributed by atoms with van der Waals surface area (Å²) in [6.07, 6.45) is -4.10. The van der Waals surface area contributed by atoms with Crippen molar-refractivity contribution in [1.29, 1.82) is 0 Å². The number of alkyl halides is 3. The number of anilines is 1. The lowest BCUT2D eigenvalue weighted by Gasteiger charge is -2.28. The molecular formula is C19H19Cl2F3N2O. The third-order valence-corrected chi connectivity index (χ3v) is 4.83. The van der Waals surface area contributed by atoms with Crippen molar-refractivity contribution in [2.75, 3.05) is 11.9 Å². The first-order valence-electron chi connectivity index (χ1n) is 8.30. The highest BCUT2D eigenvalue weighted by atomic mass is 35.5. The molecule has 1 N–H and O–H groups in total. The number of nitrogens with zero attached hydrogens (tertiary/aromatic N) is 1. The Hall–Kier alpha value is -1.92. The zero-order valence-electron chi connectivity index (χ0n) is 14.8. The molecule has 1 unspecified atom stereocenters. The highest BCUT2D eigenvalue weighted by Gasteiger charge is 2.30. The molecule has 0 fully saturated rings. The van der Waals surface area contributed by atoms with Crippen LogP contribution in [0.2, 0.25) is 10.0 Å². The van der Waals surface area contributed by atoms with Crippen LogP contribution in [0.4, 0.5) is 23.7 Å². The molecule has 146 valence electrons. The molecular weight excluding hydrogens is 400 g/mol. The van der Waals surface area contributed by atoms with Crippen LogP contribution in [-0.4, -0.2) is 23.5 Å². The number of halogens is 5. The lowest BCUT2D eigenvalue weighted by molar-refractivity contribution is -0.137. The molecule has 0 aromatic heterocycles. The van der Waals surface area contributed by atoms with Crippen molar-refractivity contribution < 1.29 is 18.0 Å².